The molecule has 1 heterocycles. The SMILES string of the molecule is CCCn1nc(C(C)(C)C)cc(CNCC(C)C)c1=O. The maximum atomic E-state index is 12.4. The average molecular weight is 279 g/mol. The van der Waals surface area contributed by atoms with Gasteiger partial charge in [0.1, 0.15) is 0 Å². The minimum atomic E-state index is -0.0456. The number of nitrogens with one attached hydrogen (secondary N) is 1. The molecule has 0 atom stereocenters. The highest BCUT2D eigenvalue weighted by Gasteiger charge is 2.19. The van der Waals surface area contributed by atoms with E-state index in [1.54, 1.807) is 4.68 Å². The Morgan fingerprint density at radius 3 is 2.50 bits per heavy atom. The molecule has 1 rings (SSSR count). The fraction of sp³-hybridized carbons (Fsp3) is 0.750. The van der Waals surface area contributed by atoms with Crippen molar-refractivity contribution in [2.24, 2.45) is 5.92 Å². The Morgan fingerprint density at radius 1 is 1.35 bits per heavy atom. The zero-order valence-corrected chi connectivity index (χ0v) is 13.8. The highest BCUT2D eigenvalue weighted by Crippen LogP contribution is 2.19. The summed E-state index contributed by atoms with van der Waals surface area (Å²) in [5.41, 5.74) is 1.79. The zero-order chi connectivity index (χ0) is 15.3. The lowest BCUT2D eigenvalue weighted by atomic mass is 9.91. The van der Waals surface area contributed by atoms with Gasteiger partial charge in [0.25, 0.3) is 5.56 Å². The molecule has 0 bridgehead atoms. The first-order valence-corrected chi connectivity index (χ1v) is 7.58. The van der Waals surface area contributed by atoms with Gasteiger partial charge in [-0.25, -0.2) is 4.68 Å². The molecule has 4 heteroatoms. The molecule has 0 fully saturated rings. The third-order valence-electron chi connectivity index (χ3n) is 3.12. The molecular formula is C16H29N3O. The van der Waals surface area contributed by atoms with Crippen molar-refractivity contribution in [1.82, 2.24) is 15.1 Å². The maximum absolute atomic E-state index is 12.4. The fourth-order valence-electron chi connectivity index (χ4n) is 1.95. The molecule has 1 N–H and O–H groups in total. The van der Waals surface area contributed by atoms with Gasteiger partial charge in [0.15, 0.2) is 0 Å². The van der Waals surface area contributed by atoms with Crippen LogP contribution >= 0.6 is 0 Å². The van der Waals surface area contributed by atoms with Crippen LogP contribution in [0.15, 0.2) is 10.9 Å². The average Bonchev–Trinajstić information content (AvgIpc) is 2.32. The van der Waals surface area contributed by atoms with E-state index < -0.39 is 0 Å². The molecular weight excluding hydrogens is 250 g/mol. The Hall–Kier alpha value is -1.16. The third-order valence-corrected chi connectivity index (χ3v) is 3.12. The van der Waals surface area contributed by atoms with E-state index in [9.17, 15) is 4.79 Å². The number of rotatable bonds is 6. The summed E-state index contributed by atoms with van der Waals surface area (Å²) >= 11 is 0. The first kappa shape index (κ1) is 16.9. The van der Waals surface area contributed by atoms with E-state index in [2.05, 4.69) is 52.0 Å². The molecule has 1 aromatic heterocycles. The standard InChI is InChI=1S/C16H29N3O/c1-7-8-19-15(20)13(11-17-10-12(2)3)9-14(18-19)16(4,5)6/h9,12,17H,7-8,10-11H2,1-6H3. The van der Waals surface area contributed by atoms with Crippen molar-refractivity contribution in [2.75, 3.05) is 6.54 Å². The van der Waals surface area contributed by atoms with Crippen LogP contribution < -0.4 is 10.9 Å². The van der Waals surface area contributed by atoms with Crippen LogP contribution in [0.3, 0.4) is 0 Å². The highest BCUT2D eigenvalue weighted by molar-refractivity contribution is 5.19. The van der Waals surface area contributed by atoms with Gasteiger partial charge in [-0.2, -0.15) is 5.10 Å². The Morgan fingerprint density at radius 2 is 2.00 bits per heavy atom. The second-order valence-electron chi connectivity index (χ2n) is 6.86. The molecule has 0 saturated heterocycles. The van der Waals surface area contributed by atoms with Crippen LogP contribution in [0.5, 0.6) is 0 Å². The monoisotopic (exact) mass is 279 g/mol. The lowest BCUT2D eigenvalue weighted by Crippen LogP contribution is -2.33. The zero-order valence-electron chi connectivity index (χ0n) is 13.8. The van der Waals surface area contributed by atoms with Gasteiger partial charge < -0.3 is 5.32 Å². The van der Waals surface area contributed by atoms with Crippen LogP contribution in [-0.4, -0.2) is 16.3 Å². The number of nitrogens with zero attached hydrogens (tertiary/aromatic N) is 2. The van der Waals surface area contributed by atoms with E-state index in [0.717, 1.165) is 24.2 Å². The second-order valence-corrected chi connectivity index (χ2v) is 6.86. The molecule has 0 spiro atoms. The van der Waals surface area contributed by atoms with Gasteiger partial charge in [-0.1, -0.05) is 41.5 Å². The van der Waals surface area contributed by atoms with Gasteiger partial charge in [-0.05, 0) is 24.9 Å². The van der Waals surface area contributed by atoms with Gasteiger partial charge in [0, 0.05) is 24.1 Å². The van der Waals surface area contributed by atoms with Crippen molar-refractivity contribution in [3.8, 4) is 0 Å². The number of aryl methyl sites for hydroxylation is 1. The van der Waals surface area contributed by atoms with E-state index in [0.29, 0.717) is 19.0 Å². The topological polar surface area (TPSA) is 46.9 Å². The Kier molecular flexibility index (Phi) is 5.93. The van der Waals surface area contributed by atoms with Gasteiger partial charge in [-0.3, -0.25) is 4.79 Å². The highest BCUT2D eigenvalue weighted by atomic mass is 16.1. The molecule has 4 nitrogen and oxygen atoms in total. The van der Waals surface area contributed by atoms with E-state index in [1.165, 1.54) is 0 Å². The van der Waals surface area contributed by atoms with Gasteiger partial charge in [-0.15, -0.1) is 0 Å². The van der Waals surface area contributed by atoms with Crippen LogP contribution in [0, 0.1) is 5.92 Å². The molecule has 20 heavy (non-hydrogen) atoms. The Balaban J connectivity index is 3.08. The summed E-state index contributed by atoms with van der Waals surface area (Å²) in [5.74, 6) is 0.580. The maximum Gasteiger partial charge on any atom is 0.271 e. The van der Waals surface area contributed by atoms with Crippen molar-refractivity contribution < 1.29 is 0 Å². The molecule has 0 aromatic carbocycles. The normalized spacial score (nSPS) is 12.2. The molecule has 0 radical (unpaired) electrons. The van der Waals surface area contributed by atoms with Crippen molar-refractivity contribution >= 4 is 0 Å². The van der Waals surface area contributed by atoms with Crippen LogP contribution in [-0.2, 0) is 18.5 Å². The molecule has 0 aliphatic heterocycles. The smallest absolute Gasteiger partial charge is 0.271 e. The molecule has 1 aromatic rings. The van der Waals surface area contributed by atoms with E-state index in [-0.39, 0.29) is 11.0 Å². The van der Waals surface area contributed by atoms with Gasteiger partial charge >= 0.3 is 0 Å². The molecule has 0 unspecified atom stereocenters. The molecule has 114 valence electrons. The first-order chi connectivity index (χ1) is 9.25. The summed E-state index contributed by atoms with van der Waals surface area (Å²) < 4.78 is 1.62. The summed E-state index contributed by atoms with van der Waals surface area (Å²) in [4.78, 5) is 12.4. The van der Waals surface area contributed by atoms with Crippen LogP contribution in [0.1, 0.15) is 59.2 Å². The van der Waals surface area contributed by atoms with Crippen LogP contribution in [0.25, 0.3) is 0 Å². The summed E-state index contributed by atoms with van der Waals surface area (Å²) in [7, 11) is 0. The van der Waals surface area contributed by atoms with Crippen molar-refractivity contribution in [3.05, 3.63) is 27.7 Å². The molecule has 0 aliphatic carbocycles. The van der Waals surface area contributed by atoms with E-state index in [4.69, 9.17) is 0 Å². The second kappa shape index (κ2) is 7.02. The summed E-state index contributed by atoms with van der Waals surface area (Å²) in [6, 6.07) is 1.96. The predicted molar refractivity (Wildman–Crippen MR) is 84.0 cm³/mol. The van der Waals surface area contributed by atoms with E-state index >= 15 is 0 Å². The Bertz CT molecular complexity index is 483. The summed E-state index contributed by atoms with van der Waals surface area (Å²) in [5, 5.41) is 7.86. The quantitative estimate of drug-likeness (QED) is 0.871. The lowest BCUT2D eigenvalue weighted by molar-refractivity contribution is 0.485. The number of hydrogen-bond acceptors (Lipinski definition) is 3. The molecule has 0 amide bonds. The Labute approximate surface area is 122 Å². The first-order valence-electron chi connectivity index (χ1n) is 7.58. The summed E-state index contributed by atoms with van der Waals surface area (Å²) in [6.07, 6.45) is 0.916. The van der Waals surface area contributed by atoms with Crippen molar-refractivity contribution in [1.29, 1.82) is 0 Å². The third kappa shape index (κ3) is 4.75. The molecule has 0 saturated carbocycles. The fourth-order valence-corrected chi connectivity index (χ4v) is 1.95. The van der Waals surface area contributed by atoms with Crippen LogP contribution in [0.2, 0.25) is 0 Å². The number of hydrogen-bond donors (Lipinski definition) is 1. The number of aromatic nitrogens is 2. The minimum absolute atomic E-state index is 0.0381. The van der Waals surface area contributed by atoms with Gasteiger partial charge in [0.2, 0.25) is 0 Å². The van der Waals surface area contributed by atoms with Gasteiger partial charge in [0.05, 0.1) is 5.69 Å². The van der Waals surface area contributed by atoms with Crippen LogP contribution in [0.4, 0.5) is 0 Å². The minimum Gasteiger partial charge on any atom is -0.312 e. The lowest BCUT2D eigenvalue weighted by Gasteiger charge is -2.20. The van der Waals surface area contributed by atoms with Crippen molar-refractivity contribution in [3.63, 3.8) is 0 Å². The van der Waals surface area contributed by atoms with E-state index in [1.807, 2.05) is 6.07 Å². The molecule has 0 aliphatic rings. The largest absolute Gasteiger partial charge is 0.312 e. The predicted octanol–water partition coefficient (Wildman–Crippen LogP) is 2.70. The van der Waals surface area contributed by atoms with Crippen molar-refractivity contribution in [2.45, 2.75) is 66.5 Å². The summed E-state index contributed by atoms with van der Waals surface area (Å²) in [6.45, 7) is 15.0.